The summed E-state index contributed by atoms with van der Waals surface area (Å²) in [5, 5.41) is 13.1. The van der Waals surface area contributed by atoms with Crippen molar-refractivity contribution in [1.29, 1.82) is 0 Å². The maximum absolute atomic E-state index is 4.38. The summed E-state index contributed by atoms with van der Waals surface area (Å²) in [6.45, 7) is 6.19. The van der Waals surface area contributed by atoms with Crippen molar-refractivity contribution in [3.05, 3.63) is 17.7 Å². The van der Waals surface area contributed by atoms with E-state index in [0.717, 1.165) is 27.4 Å². The van der Waals surface area contributed by atoms with Crippen LogP contribution in [0.3, 0.4) is 0 Å². The second kappa shape index (κ2) is 5.56. The quantitative estimate of drug-likeness (QED) is 0.865. The van der Waals surface area contributed by atoms with E-state index >= 15 is 0 Å². The molecular formula is C12H18N6S. The minimum absolute atomic E-state index is 0.334. The molecule has 0 bridgehead atoms. The molecule has 0 unspecified atom stereocenters. The van der Waals surface area contributed by atoms with Crippen LogP contribution in [0, 0.1) is 6.92 Å². The highest BCUT2D eigenvalue weighted by Gasteiger charge is 2.17. The predicted molar refractivity (Wildman–Crippen MR) is 75.5 cm³/mol. The maximum atomic E-state index is 4.38. The van der Waals surface area contributed by atoms with Gasteiger partial charge in [-0.3, -0.25) is 0 Å². The molecule has 0 atom stereocenters. The molecule has 7 heteroatoms. The molecule has 0 spiro atoms. The van der Waals surface area contributed by atoms with Crippen LogP contribution in [0.15, 0.2) is 16.5 Å². The Hall–Kier alpha value is -1.63. The smallest absolute Gasteiger partial charge is 0.197 e. The zero-order valence-electron chi connectivity index (χ0n) is 11.8. The minimum Gasteiger partial charge on any atom is -0.373 e. The van der Waals surface area contributed by atoms with Crippen molar-refractivity contribution < 1.29 is 0 Å². The van der Waals surface area contributed by atoms with E-state index in [1.54, 1.807) is 6.33 Å². The third-order valence-corrected chi connectivity index (χ3v) is 3.96. The summed E-state index contributed by atoms with van der Waals surface area (Å²) < 4.78 is 1.95. The number of aromatic nitrogens is 5. The summed E-state index contributed by atoms with van der Waals surface area (Å²) in [4.78, 5) is 8.65. The van der Waals surface area contributed by atoms with Crippen molar-refractivity contribution in [1.82, 2.24) is 24.7 Å². The fourth-order valence-electron chi connectivity index (χ4n) is 1.74. The van der Waals surface area contributed by atoms with Gasteiger partial charge >= 0.3 is 0 Å². The second-order valence-corrected chi connectivity index (χ2v) is 5.49. The number of hydrogen-bond acceptors (Lipinski definition) is 6. The molecule has 19 heavy (non-hydrogen) atoms. The zero-order chi connectivity index (χ0) is 14.0. The van der Waals surface area contributed by atoms with E-state index in [1.807, 2.05) is 25.6 Å². The Morgan fingerprint density at radius 3 is 2.53 bits per heavy atom. The molecule has 0 amide bonds. The van der Waals surface area contributed by atoms with Crippen LogP contribution in [0.25, 0.3) is 0 Å². The Kier molecular flexibility index (Phi) is 4.04. The average Bonchev–Trinajstić information content (AvgIpc) is 2.70. The van der Waals surface area contributed by atoms with E-state index in [1.165, 1.54) is 11.8 Å². The van der Waals surface area contributed by atoms with Gasteiger partial charge in [0.1, 0.15) is 23.0 Å². The van der Waals surface area contributed by atoms with E-state index in [2.05, 4.69) is 39.3 Å². The normalized spacial score (nSPS) is 11.1. The van der Waals surface area contributed by atoms with Crippen LogP contribution in [0.4, 0.5) is 5.82 Å². The highest BCUT2D eigenvalue weighted by molar-refractivity contribution is 7.99. The molecule has 2 aromatic heterocycles. The Morgan fingerprint density at radius 2 is 2.00 bits per heavy atom. The molecule has 0 aromatic carbocycles. The number of hydrogen-bond donors (Lipinski definition) is 1. The number of nitrogens with one attached hydrogen (secondary N) is 1. The van der Waals surface area contributed by atoms with Crippen LogP contribution < -0.4 is 5.32 Å². The molecule has 0 fully saturated rings. The Morgan fingerprint density at radius 1 is 1.26 bits per heavy atom. The molecule has 0 aliphatic carbocycles. The first-order chi connectivity index (χ1) is 9.04. The molecule has 2 rings (SSSR count). The average molecular weight is 278 g/mol. The van der Waals surface area contributed by atoms with Gasteiger partial charge in [-0.05, 0) is 24.6 Å². The van der Waals surface area contributed by atoms with Crippen LogP contribution in [0.1, 0.15) is 31.2 Å². The van der Waals surface area contributed by atoms with Gasteiger partial charge in [0.25, 0.3) is 0 Å². The van der Waals surface area contributed by atoms with Crippen LogP contribution in [0.5, 0.6) is 0 Å². The van der Waals surface area contributed by atoms with E-state index in [0.29, 0.717) is 5.92 Å². The molecular weight excluding hydrogens is 260 g/mol. The lowest BCUT2D eigenvalue weighted by atomic mass is 10.1. The first kappa shape index (κ1) is 13.8. The lowest BCUT2D eigenvalue weighted by molar-refractivity contribution is 0.759. The van der Waals surface area contributed by atoms with Crippen LogP contribution in [-0.2, 0) is 7.05 Å². The predicted octanol–water partition coefficient (Wildman–Crippen LogP) is 2.23. The van der Waals surface area contributed by atoms with Crippen molar-refractivity contribution in [2.45, 2.75) is 36.9 Å². The Bertz CT molecular complexity index is 578. The summed E-state index contributed by atoms with van der Waals surface area (Å²) in [5.41, 5.74) is 1.11. The number of rotatable bonds is 4. The van der Waals surface area contributed by atoms with Gasteiger partial charge in [-0.25, -0.2) is 9.97 Å². The molecule has 2 aromatic rings. The van der Waals surface area contributed by atoms with E-state index in [9.17, 15) is 0 Å². The molecule has 102 valence electrons. The van der Waals surface area contributed by atoms with Crippen LogP contribution >= 0.6 is 11.8 Å². The lowest BCUT2D eigenvalue weighted by Gasteiger charge is -2.14. The highest BCUT2D eigenvalue weighted by atomic mass is 32.2. The standard InChI is InChI=1S/C12H18N6S/c1-7(2)9-10(13-4)14-6-15-11(9)19-12-17-16-8(3)18(12)5/h6-7H,1-5H3,(H,13,14,15). The fourth-order valence-corrected chi connectivity index (χ4v) is 2.81. The van der Waals surface area contributed by atoms with Gasteiger partial charge in [-0.15, -0.1) is 10.2 Å². The van der Waals surface area contributed by atoms with Gasteiger partial charge in [0, 0.05) is 19.7 Å². The van der Waals surface area contributed by atoms with E-state index in [4.69, 9.17) is 0 Å². The summed E-state index contributed by atoms with van der Waals surface area (Å²) in [6, 6.07) is 0. The zero-order valence-corrected chi connectivity index (χ0v) is 12.6. The number of aryl methyl sites for hydroxylation is 1. The van der Waals surface area contributed by atoms with Gasteiger partial charge < -0.3 is 9.88 Å². The van der Waals surface area contributed by atoms with E-state index in [-0.39, 0.29) is 0 Å². The third kappa shape index (κ3) is 2.70. The summed E-state index contributed by atoms with van der Waals surface area (Å²) in [7, 11) is 3.82. The van der Waals surface area contributed by atoms with Gasteiger partial charge in [-0.2, -0.15) is 0 Å². The van der Waals surface area contributed by atoms with Crippen molar-refractivity contribution in [2.75, 3.05) is 12.4 Å². The van der Waals surface area contributed by atoms with Crippen molar-refractivity contribution in [3.8, 4) is 0 Å². The van der Waals surface area contributed by atoms with Crippen molar-refractivity contribution >= 4 is 17.6 Å². The summed E-state index contributed by atoms with van der Waals surface area (Å²) >= 11 is 1.52. The maximum Gasteiger partial charge on any atom is 0.197 e. The van der Waals surface area contributed by atoms with Crippen molar-refractivity contribution in [2.24, 2.45) is 7.05 Å². The Balaban J connectivity index is 2.42. The monoisotopic (exact) mass is 278 g/mol. The lowest BCUT2D eigenvalue weighted by Crippen LogP contribution is -2.04. The molecule has 0 aliphatic heterocycles. The molecule has 0 saturated heterocycles. The second-order valence-electron chi connectivity index (χ2n) is 4.54. The number of nitrogens with zero attached hydrogens (tertiary/aromatic N) is 5. The van der Waals surface area contributed by atoms with Gasteiger partial charge in [0.05, 0.1) is 0 Å². The third-order valence-electron chi connectivity index (χ3n) is 2.90. The largest absolute Gasteiger partial charge is 0.373 e. The minimum atomic E-state index is 0.334. The first-order valence-corrected chi connectivity index (χ1v) is 6.92. The highest BCUT2D eigenvalue weighted by Crippen LogP contribution is 2.34. The Labute approximate surface area is 117 Å². The molecule has 0 aliphatic rings. The van der Waals surface area contributed by atoms with Gasteiger partial charge in [-0.1, -0.05) is 13.8 Å². The first-order valence-electron chi connectivity index (χ1n) is 6.11. The molecule has 2 heterocycles. The molecule has 1 N–H and O–H groups in total. The van der Waals surface area contributed by atoms with E-state index < -0.39 is 0 Å². The van der Waals surface area contributed by atoms with Crippen molar-refractivity contribution in [3.63, 3.8) is 0 Å². The summed E-state index contributed by atoms with van der Waals surface area (Å²) in [5.74, 6) is 2.09. The van der Waals surface area contributed by atoms with Crippen LogP contribution in [0.2, 0.25) is 0 Å². The fraction of sp³-hybridized carbons (Fsp3) is 0.500. The SMILES string of the molecule is CNc1ncnc(Sc2nnc(C)n2C)c1C(C)C. The number of anilines is 1. The van der Waals surface area contributed by atoms with Gasteiger partial charge in [0.2, 0.25) is 0 Å². The van der Waals surface area contributed by atoms with Crippen LogP contribution in [-0.4, -0.2) is 31.8 Å². The summed E-state index contributed by atoms with van der Waals surface area (Å²) in [6.07, 6.45) is 1.57. The molecule has 0 saturated carbocycles. The molecule has 6 nitrogen and oxygen atoms in total. The topological polar surface area (TPSA) is 68.5 Å². The van der Waals surface area contributed by atoms with Gasteiger partial charge in [0.15, 0.2) is 5.16 Å². The molecule has 0 radical (unpaired) electrons.